The number of nitrogens with zero attached hydrogens (tertiary/aromatic N) is 7. The Kier molecular flexibility index (Phi) is 14.0. The Morgan fingerprint density at radius 2 is 0.476 bits per heavy atom. The van der Waals surface area contributed by atoms with Gasteiger partial charge in [0.15, 0.2) is 0 Å². The smallest absolute Gasteiger partial charge is 0.333 e. The van der Waals surface area contributed by atoms with E-state index in [0.717, 1.165) is 27.6 Å². The van der Waals surface area contributed by atoms with Crippen molar-refractivity contribution in [1.82, 2.24) is 4.57 Å². The Bertz CT molecular complexity index is 7950. The SMILES string of the molecule is c1ccc(-n2c3ccccc3c3cc(N4c5cccc6c5B5c7c(cccc74)-c4ccccc4N5c4ccccc4-6)ccc32)cc1.c1ccc2c(c1)-c1cccc3c1B1c4c(cccc4N3c3ccc4oc5ccccc5c4c3)-c3ccccc3N12.c1ccc2c(c1)-c1cccc3c1B1c4c(cccc4N3c3ccc4sc5ccccc5c4c3)-c3ccccc3N12. The summed E-state index contributed by atoms with van der Waals surface area (Å²) in [6.45, 7) is 0.336. The molecule has 12 heteroatoms. The molecule has 0 saturated carbocycles. The molecule has 0 radical (unpaired) electrons. The third-order valence-electron chi connectivity index (χ3n) is 28.2. The molecule has 0 aliphatic carbocycles. The molecule has 126 heavy (non-hydrogen) atoms. The fourth-order valence-corrected chi connectivity index (χ4v) is 24.5. The van der Waals surface area contributed by atoms with E-state index in [4.69, 9.17) is 4.42 Å². The van der Waals surface area contributed by atoms with Crippen LogP contribution in [0.25, 0.3) is 136 Å². The van der Waals surface area contributed by atoms with E-state index < -0.39 is 0 Å². The zero-order chi connectivity index (χ0) is 81.8. The minimum Gasteiger partial charge on any atom is -0.456 e. The molecule has 580 valence electrons. The molecule has 0 bridgehead atoms. The Morgan fingerprint density at radius 1 is 0.183 bits per heavy atom. The van der Waals surface area contributed by atoms with E-state index in [1.54, 1.807) is 0 Å². The average molecular weight is 1620 g/mol. The maximum Gasteiger partial charge on any atom is 0.333 e. The van der Waals surface area contributed by atoms with Crippen molar-refractivity contribution in [3.63, 3.8) is 0 Å². The summed E-state index contributed by atoms with van der Waals surface area (Å²) in [6, 6.07) is 152. The van der Waals surface area contributed by atoms with Gasteiger partial charge in [0.25, 0.3) is 0 Å². The molecule has 0 N–H and O–H groups in total. The van der Waals surface area contributed by atoms with Crippen LogP contribution in [-0.4, -0.2) is 25.1 Å². The quantitative estimate of drug-likeness (QED) is 0.163. The van der Waals surface area contributed by atoms with Crippen LogP contribution in [0.4, 0.5) is 85.3 Å². The van der Waals surface area contributed by atoms with E-state index in [1.165, 1.54) is 227 Å². The van der Waals surface area contributed by atoms with Crippen molar-refractivity contribution in [3.05, 3.63) is 413 Å². The number of hydrogen-bond donors (Lipinski definition) is 0. The molecule has 9 aliphatic rings. The highest BCUT2D eigenvalue weighted by atomic mass is 32.1. The highest BCUT2D eigenvalue weighted by molar-refractivity contribution is 7.25. The van der Waals surface area contributed by atoms with Crippen LogP contribution in [0.15, 0.2) is 417 Å². The summed E-state index contributed by atoms with van der Waals surface area (Å²) < 4.78 is 11.3. The molecule has 22 aromatic rings. The van der Waals surface area contributed by atoms with E-state index in [9.17, 15) is 0 Å². The Balaban J connectivity index is 0.0000000944. The van der Waals surface area contributed by atoms with E-state index >= 15 is 0 Å². The molecule has 19 aromatic carbocycles. The first-order valence-corrected chi connectivity index (χ1v) is 44.4. The maximum atomic E-state index is 6.19. The molecule has 0 spiro atoms. The van der Waals surface area contributed by atoms with Crippen LogP contribution in [0, 0.1) is 0 Å². The van der Waals surface area contributed by atoms with Crippen molar-refractivity contribution in [3.8, 4) is 72.4 Å². The van der Waals surface area contributed by atoms with Gasteiger partial charge in [-0.1, -0.05) is 255 Å². The molecule has 0 fully saturated rings. The van der Waals surface area contributed by atoms with Gasteiger partial charge in [0.2, 0.25) is 0 Å². The highest BCUT2D eigenvalue weighted by Crippen LogP contribution is 2.57. The number of para-hydroxylation sites is 9. The van der Waals surface area contributed by atoms with Gasteiger partial charge >= 0.3 is 20.5 Å². The minimum atomic E-state index is 0.0992. The minimum absolute atomic E-state index is 0.0992. The van der Waals surface area contributed by atoms with Gasteiger partial charge in [0, 0.05) is 166 Å². The third-order valence-corrected chi connectivity index (χ3v) is 29.4. The van der Waals surface area contributed by atoms with Gasteiger partial charge in [0.1, 0.15) is 11.2 Å². The van der Waals surface area contributed by atoms with E-state index in [1.807, 2.05) is 23.5 Å². The molecular formula is C114H68B3N7OS. The standard InChI is InChI=1S/C42H26BN3.C36H21BN2O.C36H21BN2S/c1-2-12-27(13-3-1)44-35-19-7-4-16-31(35)34-26-28(24-25-36(34)44)45-39-22-10-17-32-29-14-5-8-20-37(29)46-38-21-9-6-15-30(38)33-18-11-23-40(45)42(33)43(46)41(32)39;2*1-4-14-29-23(9-1)26-12-7-16-31-35(26)37-36-27(24-10-2-5-15-30(24)39(29)37)13-8-17-32(36)38(31)22-19-20-34-28(21-22)25-11-3-6-18-33(25)40-34/h1-26H;2*1-21H. The summed E-state index contributed by atoms with van der Waals surface area (Å²) >= 11 is 1.88. The first-order chi connectivity index (χ1) is 62.6. The monoisotopic (exact) mass is 1620 g/mol. The summed E-state index contributed by atoms with van der Waals surface area (Å²) in [7, 11) is 0. The number of hydrogen-bond acceptors (Lipinski definition) is 8. The molecule has 9 aliphatic heterocycles. The molecule has 12 heterocycles. The lowest BCUT2D eigenvalue weighted by atomic mass is 9.41. The highest BCUT2D eigenvalue weighted by Gasteiger charge is 2.53. The lowest BCUT2D eigenvalue weighted by molar-refractivity contribution is 0.669. The number of furan rings is 1. The molecule has 0 unspecified atom stereocenters. The Labute approximate surface area is 731 Å². The second kappa shape index (κ2) is 25.8. The van der Waals surface area contributed by atoms with Crippen molar-refractivity contribution in [2.45, 2.75) is 0 Å². The Morgan fingerprint density at radius 3 is 0.905 bits per heavy atom. The van der Waals surface area contributed by atoms with E-state index in [2.05, 4.69) is 434 Å². The van der Waals surface area contributed by atoms with Gasteiger partial charge < -0.3 is 38.1 Å². The van der Waals surface area contributed by atoms with Crippen LogP contribution < -0.4 is 61.9 Å². The number of fused-ring (bicyclic) bond motifs is 27. The molecule has 3 aromatic heterocycles. The first kappa shape index (κ1) is 68.6. The van der Waals surface area contributed by atoms with Gasteiger partial charge in [-0.3, -0.25) is 0 Å². The van der Waals surface area contributed by atoms with Gasteiger partial charge in [0.05, 0.1) is 11.0 Å². The summed E-state index contributed by atoms with van der Waals surface area (Å²) in [5, 5.41) is 7.46. The van der Waals surface area contributed by atoms with Crippen LogP contribution in [0.1, 0.15) is 0 Å². The topological polar surface area (TPSA) is 37.5 Å². The molecule has 0 amide bonds. The van der Waals surface area contributed by atoms with Crippen molar-refractivity contribution in [2.24, 2.45) is 0 Å². The number of aromatic nitrogens is 1. The zero-order valence-corrected chi connectivity index (χ0v) is 68.8. The summed E-state index contributed by atoms with van der Waals surface area (Å²) in [5.41, 5.74) is 48.1. The Hall–Kier alpha value is -16.0. The lowest BCUT2D eigenvalue weighted by Crippen LogP contribution is -2.63. The van der Waals surface area contributed by atoms with Crippen molar-refractivity contribution in [2.75, 3.05) is 29.1 Å². The van der Waals surface area contributed by atoms with E-state index in [-0.39, 0.29) is 20.5 Å². The molecule has 0 saturated heterocycles. The number of rotatable bonds is 4. The van der Waals surface area contributed by atoms with Crippen molar-refractivity contribution < 1.29 is 4.42 Å². The van der Waals surface area contributed by atoms with Gasteiger partial charge in [-0.2, -0.15) is 0 Å². The number of thiophene rings is 1. The summed E-state index contributed by atoms with van der Waals surface area (Å²) in [4.78, 5) is 15.3. The van der Waals surface area contributed by atoms with Gasteiger partial charge in [-0.25, -0.2) is 0 Å². The predicted molar refractivity (Wildman–Crippen MR) is 532 cm³/mol. The van der Waals surface area contributed by atoms with Gasteiger partial charge in [-0.15, -0.1) is 11.3 Å². The third kappa shape index (κ3) is 9.23. The van der Waals surface area contributed by atoms with Crippen LogP contribution in [0.5, 0.6) is 0 Å². The van der Waals surface area contributed by atoms with Crippen molar-refractivity contribution >= 4 is 214 Å². The first-order valence-electron chi connectivity index (χ1n) is 43.6. The second-order valence-corrected chi connectivity index (χ2v) is 35.4. The maximum absolute atomic E-state index is 6.19. The molecule has 8 nitrogen and oxygen atoms in total. The molecule has 0 atom stereocenters. The van der Waals surface area contributed by atoms with Gasteiger partial charge in [-0.05, 0) is 224 Å². The fourth-order valence-electron chi connectivity index (χ4n) is 23.4. The summed E-state index contributed by atoms with van der Waals surface area (Å²) in [5.74, 6) is 0. The van der Waals surface area contributed by atoms with Crippen LogP contribution in [0.2, 0.25) is 0 Å². The normalized spacial score (nSPS) is 13.7. The fraction of sp³-hybridized carbons (Fsp3) is 0. The summed E-state index contributed by atoms with van der Waals surface area (Å²) in [6.07, 6.45) is 0. The molecular weight excluding hydrogens is 1550 g/mol. The van der Waals surface area contributed by atoms with E-state index in [0.29, 0.717) is 0 Å². The average Bonchev–Trinajstić information content (AvgIpc) is 0.990. The number of benzene rings is 19. The number of anilines is 15. The second-order valence-electron chi connectivity index (χ2n) is 34.3. The zero-order valence-electron chi connectivity index (χ0n) is 67.9. The van der Waals surface area contributed by atoms with Crippen LogP contribution in [-0.2, 0) is 0 Å². The largest absolute Gasteiger partial charge is 0.456 e. The predicted octanol–water partition coefficient (Wildman–Crippen LogP) is 26.5. The van der Waals surface area contributed by atoms with Crippen LogP contribution in [0.3, 0.4) is 0 Å². The van der Waals surface area contributed by atoms with Crippen LogP contribution >= 0.6 is 11.3 Å². The molecule has 31 rings (SSSR count). The van der Waals surface area contributed by atoms with Crippen molar-refractivity contribution in [1.29, 1.82) is 0 Å². The lowest BCUT2D eigenvalue weighted by Gasteiger charge is -2.49.